The first-order valence-corrected chi connectivity index (χ1v) is 8.61. The zero-order chi connectivity index (χ0) is 14.9. The molecule has 118 valence electrons. The summed E-state index contributed by atoms with van der Waals surface area (Å²) in [5.41, 5.74) is 2.74. The maximum absolute atomic E-state index is 12.8. The fourth-order valence-corrected chi connectivity index (χ4v) is 4.25. The molecule has 1 aliphatic carbocycles. The Morgan fingerprint density at radius 3 is 2.32 bits per heavy atom. The van der Waals surface area contributed by atoms with Crippen LogP contribution in [-0.4, -0.2) is 61.0 Å². The Labute approximate surface area is 132 Å². The third kappa shape index (κ3) is 2.66. The summed E-state index contributed by atoms with van der Waals surface area (Å²) in [4.78, 5) is 17.5. The predicted octanol–water partition coefficient (Wildman–Crippen LogP) is 0.908. The Morgan fingerprint density at radius 1 is 1.05 bits per heavy atom. The van der Waals surface area contributed by atoms with Gasteiger partial charge in [0.05, 0.1) is 0 Å². The molecule has 1 aromatic carbocycles. The molecular formula is C18H25N3O. The number of fused-ring (bicyclic) bond motifs is 1. The number of benzene rings is 1. The number of nitrogens with one attached hydrogen (secondary N) is 1. The molecule has 4 rings (SSSR count). The molecule has 3 aliphatic rings. The maximum atomic E-state index is 12.8. The van der Waals surface area contributed by atoms with E-state index >= 15 is 0 Å². The van der Waals surface area contributed by atoms with E-state index in [1.54, 1.807) is 0 Å². The van der Waals surface area contributed by atoms with E-state index in [1.165, 1.54) is 17.5 Å². The van der Waals surface area contributed by atoms with E-state index in [0.29, 0.717) is 11.9 Å². The summed E-state index contributed by atoms with van der Waals surface area (Å²) in [6, 6.07) is 9.20. The SMILES string of the molecule is O=C(C1Cc2ccccc2C1)N1CCN([C@H]2CCNC2)CC1. The summed E-state index contributed by atoms with van der Waals surface area (Å²) in [6.07, 6.45) is 3.12. The second-order valence-corrected chi connectivity index (χ2v) is 6.88. The van der Waals surface area contributed by atoms with Gasteiger partial charge in [-0.2, -0.15) is 0 Å². The molecular weight excluding hydrogens is 274 g/mol. The second-order valence-electron chi connectivity index (χ2n) is 6.88. The largest absolute Gasteiger partial charge is 0.340 e. The van der Waals surface area contributed by atoms with Gasteiger partial charge in [-0.15, -0.1) is 0 Å². The van der Waals surface area contributed by atoms with Crippen molar-refractivity contribution in [1.82, 2.24) is 15.1 Å². The smallest absolute Gasteiger partial charge is 0.226 e. The number of hydrogen-bond acceptors (Lipinski definition) is 3. The van der Waals surface area contributed by atoms with E-state index in [9.17, 15) is 4.79 Å². The first kappa shape index (κ1) is 14.2. The summed E-state index contributed by atoms with van der Waals surface area (Å²) in [5.74, 6) is 0.553. The van der Waals surface area contributed by atoms with Crippen molar-refractivity contribution in [2.75, 3.05) is 39.3 Å². The van der Waals surface area contributed by atoms with Crippen molar-refractivity contribution in [2.45, 2.75) is 25.3 Å². The number of amides is 1. The molecule has 1 atom stereocenters. The van der Waals surface area contributed by atoms with Gasteiger partial charge in [-0.25, -0.2) is 0 Å². The van der Waals surface area contributed by atoms with Crippen molar-refractivity contribution in [2.24, 2.45) is 5.92 Å². The average molecular weight is 299 g/mol. The van der Waals surface area contributed by atoms with Crippen LogP contribution in [0.4, 0.5) is 0 Å². The number of rotatable bonds is 2. The monoisotopic (exact) mass is 299 g/mol. The molecule has 1 aromatic rings. The van der Waals surface area contributed by atoms with E-state index in [1.807, 2.05) is 0 Å². The molecule has 4 nitrogen and oxygen atoms in total. The zero-order valence-electron chi connectivity index (χ0n) is 13.1. The van der Waals surface area contributed by atoms with Gasteiger partial charge in [-0.1, -0.05) is 24.3 Å². The van der Waals surface area contributed by atoms with Crippen LogP contribution in [-0.2, 0) is 17.6 Å². The zero-order valence-corrected chi connectivity index (χ0v) is 13.1. The molecule has 0 unspecified atom stereocenters. The highest BCUT2D eigenvalue weighted by molar-refractivity contribution is 5.80. The molecule has 1 amide bonds. The van der Waals surface area contributed by atoms with E-state index in [4.69, 9.17) is 0 Å². The topological polar surface area (TPSA) is 35.6 Å². The molecule has 0 radical (unpaired) electrons. The molecule has 2 aliphatic heterocycles. The molecule has 0 aromatic heterocycles. The van der Waals surface area contributed by atoms with Crippen LogP contribution in [0, 0.1) is 5.92 Å². The van der Waals surface area contributed by atoms with Crippen molar-refractivity contribution in [3.05, 3.63) is 35.4 Å². The van der Waals surface area contributed by atoms with Crippen molar-refractivity contribution < 1.29 is 4.79 Å². The molecule has 2 heterocycles. The van der Waals surface area contributed by atoms with Crippen LogP contribution in [0.15, 0.2) is 24.3 Å². The van der Waals surface area contributed by atoms with Crippen LogP contribution in [0.1, 0.15) is 17.5 Å². The van der Waals surface area contributed by atoms with Gasteiger partial charge in [-0.05, 0) is 36.9 Å². The quantitative estimate of drug-likeness (QED) is 0.882. The minimum Gasteiger partial charge on any atom is -0.340 e. The molecule has 2 saturated heterocycles. The molecule has 2 fully saturated rings. The number of piperazine rings is 1. The molecule has 22 heavy (non-hydrogen) atoms. The first-order valence-electron chi connectivity index (χ1n) is 8.61. The van der Waals surface area contributed by atoms with Crippen LogP contribution in [0.2, 0.25) is 0 Å². The van der Waals surface area contributed by atoms with Gasteiger partial charge >= 0.3 is 0 Å². The van der Waals surface area contributed by atoms with E-state index < -0.39 is 0 Å². The third-order valence-corrected chi connectivity index (χ3v) is 5.58. The number of carbonyl (C=O) groups excluding carboxylic acids is 1. The van der Waals surface area contributed by atoms with E-state index in [0.717, 1.165) is 52.1 Å². The Bertz CT molecular complexity index is 520. The number of nitrogens with zero attached hydrogens (tertiary/aromatic N) is 2. The first-order chi connectivity index (χ1) is 10.8. The van der Waals surface area contributed by atoms with Crippen molar-refractivity contribution in [3.8, 4) is 0 Å². The van der Waals surface area contributed by atoms with Gasteiger partial charge in [0.2, 0.25) is 5.91 Å². The predicted molar refractivity (Wildman–Crippen MR) is 86.8 cm³/mol. The van der Waals surface area contributed by atoms with Gasteiger partial charge in [-0.3, -0.25) is 9.69 Å². The third-order valence-electron chi connectivity index (χ3n) is 5.58. The number of hydrogen-bond donors (Lipinski definition) is 1. The highest BCUT2D eigenvalue weighted by Crippen LogP contribution is 2.28. The molecule has 0 bridgehead atoms. The molecule has 1 N–H and O–H groups in total. The molecule has 4 heteroatoms. The second kappa shape index (κ2) is 6.01. The van der Waals surface area contributed by atoms with Crippen LogP contribution in [0.5, 0.6) is 0 Å². The Hall–Kier alpha value is -1.39. The fraction of sp³-hybridized carbons (Fsp3) is 0.611. The summed E-state index contributed by atoms with van der Waals surface area (Å²) < 4.78 is 0. The summed E-state index contributed by atoms with van der Waals surface area (Å²) in [6.45, 7) is 6.15. The Morgan fingerprint density at radius 2 is 1.73 bits per heavy atom. The van der Waals surface area contributed by atoms with Crippen molar-refractivity contribution in [1.29, 1.82) is 0 Å². The van der Waals surface area contributed by atoms with Crippen LogP contribution < -0.4 is 5.32 Å². The van der Waals surface area contributed by atoms with E-state index in [2.05, 4.69) is 39.4 Å². The summed E-state index contributed by atoms with van der Waals surface area (Å²) in [5, 5.41) is 3.44. The van der Waals surface area contributed by atoms with E-state index in [-0.39, 0.29) is 5.92 Å². The summed E-state index contributed by atoms with van der Waals surface area (Å²) in [7, 11) is 0. The van der Waals surface area contributed by atoms with Gasteiger partial charge in [0, 0.05) is 44.7 Å². The number of carbonyl (C=O) groups is 1. The molecule has 0 spiro atoms. The van der Waals surface area contributed by atoms with Crippen LogP contribution >= 0.6 is 0 Å². The Balaban J connectivity index is 1.33. The molecule has 0 saturated carbocycles. The lowest BCUT2D eigenvalue weighted by Gasteiger charge is -2.38. The highest BCUT2D eigenvalue weighted by Gasteiger charge is 2.33. The van der Waals surface area contributed by atoms with Gasteiger partial charge in [0.15, 0.2) is 0 Å². The van der Waals surface area contributed by atoms with Gasteiger partial charge < -0.3 is 10.2 Å². The van der Waals surface area contributed by atoms with Gasteiger partial charge in [0.1, 0.15) is 0 Å². The minimum atomic E-state index is 0.178. The lowest BCUT2D eigenvalue weighted by molar-refractivity contribution is -0.137. The van der Waals surface area contributed by atoms with Crippen LogP contribution in [0.3, 0.4) is 0 Å². The lowest BCUT2D eigenvalue weighted by Crippen LogP contribution is -2.53. The van der Waals surface area contributed by atoms with Crippen LogP contribution in [0.25, 0.3) is 0 Å². The summed E-state index contributed by atoms with van der Waals surface area (Å²) >= 11 is 0. The lowest BCUT2D eigenvalue weighted by atomic mass is 10.0. The highest BCUT2D eigenvalue weighted by atomic mass is 16.2. The van der Waals surface area contributed by atoms with Gasteiger partial charge in [0.25, 0.3) is 0 Å². The normalized spacial score (nSPS) is 26.4. The minimum absolute atomic E-state index is 0.178. The maximum Gasteiger partial charge on any atom is 0.226 e. The average Bonchev–Trinajstić information content (AvgIpc) is 3.23. The van der Waals surface area contributed by atoms with Crippen molar-refractivity contribution in [3.63, 3.8) is 0 Å². The fourth-order valence-electron chi connectivity index (χ4n) is 4.25. The standard InChI is InChI=1S/C18H25N3O/c22-18(16-11-14-3-1-2-4-15(14)12-16)21-9-7-20(8-10-21)17-5-6-19-13-17/h1-4,16-17,19H,5-13H2/t17-/m0/s1. The Kier molecular flexibility index (Phi) is 3.89. The van der Waals surface area contributed by atoms with Crippen molar-refractivity contribution >= 4 is 5.91 Å².